The maximum Gasteiger partial charge on any atom is 0.134 e. The van der Waals surface area contributed by atoms with Crippen LogP contribution in [-0.4, -0.2) is 5.78 Å². The van der Waals surface area contributed by atoms with E-state index in [4.69, 9.17) is 0 Å². The van der Waals surface area contributed by atoms with Gasteiger partial charge in [0.1, 0.15) is 5.78 Å². The van der Waals surface area contributed by atoms with Crippen LogP contribution in [0, 0.1) is 6.92 Å². The summed E-state index contributed by atoms with van der Waals surface area (Å²) in [5.74, 6) is 0.226. The van der Waals surface area contributed by atoms with E-state index in [0.717, 1.165) is 12.0 Å². The molecule has 0 N–H and O–H groups in total. The van der Waals surface area contributed by atoms with Gasteiger partial charge in [0.15, 0.2) is 0 Å². The van der Waals surface area contributed by atoms with Crippen molar-refractivity contribution in [2.75, 3.05) is 0 Å². The van der Waals surface area contributed by atoms with Crippen LogP contribution in [0.25, 0.3) is 0 Å². The largest absolute Gasteiger partial charge is 0.300 e. The third-order valence-corrected chi connectivity index (χ3v) is 2.24. The first-order chi connectivity index (χ1) is 8.96. The molecule has 0 amide bonds. The maximum atomic E-state index is 10.9. The molecule has 110 valence electrons. The summed E-state index contributed by atoms with van der Waals surface area (Å²) < 4.78 is 0. The van der Waals surface area contributed by atoms with Crippen molar-refractivity contribution < 1.29 is 4.79 Å². The molecule has 19 heavy (non-hydrogen) atoms. The highest BCUT2D eigenvalue weighted by atomic mass is 16.1. The summed E-state index contributed by atoms with van der Waals surface area (Å²) in [6.07, 6.45) is 4.12. The Hall–Kier alpha value is -1.11. The second-order valence-electron chi connectivity index (χ2n) is 4.91. The molecule has 1 aromatic rings. The van der Waals surface area contributed by atoms with E-state index in [0.29, 0.717) is 6.42 Å². The predicted molar refractivity (Wildman–Crippen MR) is 86.9 cm³/mol. The first kappa shape index (κ1) is 20.2. The van der Waals surface area contributed by atoms with Crippen molar-refractivity contribution in [1.29, 1.82) is 0 Å². The lowest BCUT2D eigenvalue weighted by Crippen LogP contribution is -1.97. The summed E-state index contributed by atoms with van der Waals surface area (Å²) in [7, 11) is 0. The molecule has 0 heterocycles. The average Bonchev–Trinajstić information content (AvgIpc) is 2.30. The van der Waals surface area contributed by atoms with Crippen LogP contribution in [0.5, 0.6) is 0 Å². The van der Waals surface area contributed by atoms with Crippen LogP contribution < -0.4 is 0 Å². The molecule has 0 unspecified atom stereocenters. The van der Waals surface area contributed by atoms with Gasteiger partial charge < -0.3 is 0 Å². The molecule has 0 saturated heterocycles. The fourth-order valence-corrected chi connectivity index (χ4v) is 1.55. The van der Waals surface area contributed by atoms with Gasteiger partial charge in [0.2, 0.25) is 0 Å². The van der Waals surface area contributed by atoms with Gasteiger partial charge in [0, 0.05) is 6.42 Å². The first-order valence-corrected chi connectivity index (χ1v) is 7.54. The molecule has 1 aromatic carbocycles. The summed E-state index contributed by atoms with van der Waals surface area (Å²) in [6.45, 7) is 14.4. The van der Waals surface area contributed by atoms with Crippen LogP contribution in [0.1, 0.15) is 71.1 Å². The molecule has 0 fully saturated rings. The van der Waals surface area contributed by atoms with Crippen LogP contribution in [0.2, 0.25) is 0 Å². The second kappa shape index (κ2) is 13.3. The summed E-state index contributed by atoms with van der Waals surface area (Å²) in [4.78, 5) is 10.9. The summed E-state index contributed by atoms with van der Waals surface area (Å²) in [5, 5.41) is 0. The number of ketones is 1. The quantitative estimate of drug-likeness (QED) is 0.702. The van der Waals surface area contributed by atoms with E-state index < -0.39 is 0 Å². The van der Waals surface area contributed by atoms with Crippen molar-refractivity contribution in [3.05, 3.63) is 34.9 Å². The zero-order valence-electron chi connectivity index (χ0n) is 14.0. The molecular formula is C18H32O. The molecule has 0 bridgehead atoms. The molecule has 0 radical (unpaired) electrons. The molecule has 1 heteroatoms. The van der Waals surface area contributed by atoms with Gasteiger partial charge in [-0.1, -0.05) is 65.7 Å². The van der Waals surface area contributed by atoms with Gasteiger partial charge in [0.25, 0.3) is 0 Å². The van der Waals surface area contributed by atoms with Crippen LogP contribution in [0.4, 0.5) is 0 Å². The molecule has 0 atom stereocenters. The van der Waals surface area contributed by atoms with Crippen molar-refractivity contribution in [1.82, 2.24) is 0 Å². The van der Waals surface area contributed by atoms with Crippen LogP contribution in [-0.2, 0) is 17.6 Å². The Morgan fingerprint density at radius 3 is 1.79 bits per heavy atom. The van der Waals surface area contributed by atoms with Gasteiger partial charge in [-0.2, -0.15) is 0 Å². The highest BCUT2D eigenvalue weighted by molar-refractivity contribution is 5.78. The van der Waals surface area contributed by atoms with E-state index in [2.05, 4.69) is 53.7 Å². The molecule has 1 rings (SSSR count). The zero-order chi connectivity index (χ0) is 15.3. The van der Waals surface area contributed by atoms with Crippen molar-refractivity contribution in [3.8, 4) is 0 Å². The number of hydrogen-bond donors (Lipinski definition) is 0. The van der Waals surface area contributed by atoms with Crippen molar-refractivity contribution in [3.63, 3.8) is 0 Å². The Morgan fingerprint density at radius 1 is 1.00 bits per heavy atom. The number of hydrogen-bond acceptors (Lipinski definition) is 1. The van der Waals surface area contributed by atoms with Crippen molar-refractivity contribution in [2.45, 2.75) is 74.1 Å². The smallest absolute Gasteiger partial charge is 0.134 e. The maximum absolute atomic E-state index is 10.9. The van der Waals surface area contributed by atoms with E-state index in [-0.39, 0.29) is 5.78 Å². The summed E-state index contributed by atoms with van der Waals surface area (Å²) in [6, 6.07) is 6.28. The minimum Gasteiger partial charge on any atom is -0.300 e. The Balaban J connectivity index is 0. The highest BCUT2D eigenvalue weighted by Gasteiger charge is 2.00. The lowest BCUT2D eigenvalue weighted by molar-refractivity contribution is -0.116. The molecule has 0 aromatic heterocycles. The van der Waals surface area contributed by atoms with Gasteiger partial charge in [-0.25, -0.2) is 0 Å². The van der Waals surface area contributed by atoms with Gasteiger partial charge in [0.05, 0.1) is 0 Å². The molecule has 0 saturated carbocycles. The molecular weight excluding hydrogens is 232 g/mol. The molecule has 0 aliphatic heterocycles. The average molecular weight is 264 g/mol. The molecule has 0 spiro atoms. The normalized spacial score (nSPS) is 8.79. The van der Waals surface area contributed by atoms with Crippen LogP contribution in [0.3, 0.4) is 0 Å². The molecule has 0 aliphatic carbocycles. The van der Waals surface area contributed by atoms with Gasteiger partial charge >= 0.3 is 0 Å². The number of benzene rings is 1. The topological polar surface area (TPSA) is 17.1 Å². The third-order valence-electron chi connectivity index (χ3n) is 2.24. The SMILES string of the molecule is CCC.CCC.CCc1ccc(CC(C)=O)cc1C. The number of carbonyl (C=O) groups is 1. The van der Waals surface area contributed by atoms with Gasteiger partial charge in [-0.15, -0.1) is 0 Å². The highest BCUT2D eigenvalue weighted by Crippen LogP contribution is 2.12. The van der Waals surface area contributed by atoms with E-state index >= 15 is 0 Å². The number of rotatable bonds is 3. The van der Waals surface area contributed by atoms with Crippen molar-refractivity contribution in [2.24, 2.45) is 0 Å². The van der Waals surface area contributed by atoms with Gasteiger partial charge in [-0.3, -0.25) is 4.79 Å². The Morgan fingerprint density at radius 2 is 1.47 bits per heavy atom. The van der Waals surface area contributed by atoms with E-state index in [9.17, 15) is 4.79 Å². The number of Topliss-reactive ketones (excluding diaryl/α,β-unsaturated/α-hetero) is 1. The fourth-order valence-electron chi connectivity index (χ4n) is 1.55. The van der Waals surface area contributed by atoms with Crippen molar-refractivity contribution >= 4 is 5.78 Å². The monoisotopic (exact) mass is 264 g/mol. The Labute approximate surface area is 120 Å². The van der Waals surface area contributed by atoms with Gasteiger partial charge in [-0.05, 0) is 37.0 Å². The Kier molecular flexibility index (Phi) is 14.2. The lowest BCUT2D eigenvalue weighted by atomic mass is 10.0. The van der Waals surface area contributed by atoms with E-state index in [1.807, 2.05) is 6.07 Å². The first-order valence-electron chi connectivity index (χ1n) is 7.54. The summed E-state index contributed by atoms with van der Waals surface area (Å²) >= 11 is 0. The van der Waals surface area contributed by atoms with E-state index in [1.54, 1.807) is 6.92 Å². The zero-order valence-corrected chi connectivity index (χ0v) is 14.0. The molecule has 0 aliphatic rings. The number of aryl methyl sites for hydroxylation is 2. The number of carbonyl (C=O) groups excluding carboxylic acids is 1. The third kappa shape index (κ3) is 11.7. The lowest BCUT2D eigenvalue weighted by Gasteiger charge is -2.05. The standard InChI is InChI=1S/C12H16O.2C3H8/c1-4-12-6-5-11(7-9(12)2)8-10(3)13;2*1-3-2/h5-7H,4,8H2,1-3H3;2*3H2,1-2H3. The second-order valence-corrected chi connectivity index (χ2v) is 4.91. The minimum absolute atomic E-state index is 0.226. The van der Waals surface area contributed by atoms with E-state index in [1.165, 1.54) is 24.0 Å². The minimum atomic E-state index is 0.226. The van der Waals surface area contributed by atoms with Crippen LogP contribution in [0.15, 0.2) is 18.2 Å². The fraction of sp³-hybridized carbons (Fsp3) is 0.611. The molecule has 1 nitrogen and oxygen atoms in total. The van der Waals surface area contributed by atoms with Crippen LogP contribution >= 0.6 is 0 Å². The summed E-state index contributed by atoms with van der Waals surface area (Å²) in [5.41, 5.74) is 3.79. The predicted octanol–water partition coefficient (Wildman–Crippen LogP) is 5.52. The Bertz CT molecular complexity index is 338.